The van der Waals surface area contributed by atoms with E-state index in [4.69, 9.17) is 4.74 Å². The third kappa shape index (κ3) is 2.71. The highest BCUT2D eigenvalue weighted by molar-refractivity contribution is 5.87. The van der Waals surface area contributed by atoms with E-state index in [1.165, 1.54) is 0 Å². The van der Waals surface area contributed by atoms with Crippen LogP contribution in [0.5, 0.6) is 0 Å². The molecular weight excluding hydrogens is 266 g/mol. The summed E-state index contributed by atoms with van der Waals surface area (Å²) in [4.78, 5) is 8.65. The molecule has 6 nitrogen and oxygen atoms in total. The number of hydrogen-bond acceptors (Lipinski definition) is 5. The number of anilines is 1. The Kier molecular flexibility index (Phi) is 3.79. The normalized spacial score (nSPS) is 12.5. The molecule has 3 aromatic rings. The molecular formula is C15H17N5O. The highest BCUT2D eigenvalue weighted by Crippen LogP contribution is 2.21. The number of methoxy groups -OCH3 is 1. The minimum Gasteiger partial charge on any atom is -0.383 e. The van der Waals surface area contributed by atoms with Crippen molar-refractivity contribution in [2.75, 3.05) is 19.0 Å². The molecule has 0 aliphatic rings. The molecule has 0 saturated heterocycles. The van der Waals surface area contributed by atoms with Gasteiger partial charge in [-0.25, -0.2) is 14.6 Å². The van der Waals surface area contributed by atoms with Crippen LogP contribution >= 0.6 is 0 Å². The molecule has 21 heavy (non-hydrogen) atoms. The van der Waals surface area contributed by atoms with E-state index < -0.39 is 0 Å². The van der Waals surface area contributed by atoms with E-state index >= 15 is 0 Å². The second-order valence-corrected chi connectivity index (χ2v) is 4.85. The molecule has 1 atom stereocenters. The molecule has 0 bridgehead atoms. The molecule has 0 aliphatic heterocycles. The number of rotatable bonds is 5. The van der Waals surface area contributed by atoms with Gasteiger partial charge in [0.05, 0.1) is 23.9 Å². The largest absolute Gasteiger partial charge is 0.383 e. The Hall–Kier alpha value is -2.47. The molecule has 0 aliphatic carbocycles. The second-order valence-electron chi connectivity index (χ2n) is 4.85. The van der Waals surface area contributed by atoms with Crippen LogP contribution in [-0.2, 0) is 4.74 Å². The summed E-state index contributed by atoms with van der Waals surface area (Å²) in [7, 11) is 1.68. The topological polar surface area (TPSA) is 64.9 Å². The fraction of sp³-hybridized carbons (Fsp3) is 0.267. The maximum Gasteiger partial charge on any atom is 0.168 e. The lowest BCUT2D eigenvalue weighted by atomic mass is 10.3. The SMILES string of the molecule is COC[C@@H](C)Nc1ncnc2c1cnn2-c1ccccc1. The van der Waals surface area contributed by atoms with Gasteiger partial charge in [-0.3, -0.25) is 0 Å². The quantitative estimate of drug-likeness (QED) is 0.778. The average Bonchev–Trinajstić information content (AvgIpc) is 2.93. The van der Waals surface area contributed by atoms with Crippen LogP contribution in [-0.4, -0.2) is 39.5 Å². The molecule has 0 radical (unpaired) electrons. The van der Waals surface area contributed by atoms with Crippen molar-refractivity contribution in [1.29, 1.82) is 0 Å². The standard InChI is InChI=1S/C15H17N5O/c1-11(9-21-2)19-14-13-8-18-20(15(13)17-10-16-14)12-6-4-3-5-7-12/h3-8,10-11H,9H2,1-2H3,(H,16,17,19)/t11-/m1/s1. The van der Waals surface area contributed by atoms with Crippen LogP contribution in [0, 0.1) is 0 Å². The Morgan fingerprint density at radius 2 is 2.05 bits per heavy atom. The molecule has 2 aromatic heterocycles. The Morgan fingerprint density at radius 1 is 1.24 bits per heavy atom. The van der Waals surface area contributed by atoms with Crippen LogP contribution in [0.25, 0.3) is 16.7 Å². The van der Waals surface area contributed by atoms with Gasteiger partial charge in [0.15, 0.2) is 5.65 Å². The van der Waals surface area contributed by atoms with E-state index in [0.717, 1.165) is 22.5 Å². The molecule has 0 unspecified atom stereocenters. The average molecular weight is 283 g/mol. The van der Waals surface area contributed by atoms with Gasteiger partial charge in [0.2, 0.25) is 0 Å². The zero-order valence-electron chi connectivity index (χ0n) is 12.0. The molecule has 1 aromatic carbocycles. The summed E-state index contributed by atoms with van der Waals surface area (Å²) in [5.41, 5.74) is 1.76. The van der Waals surface area contributed by atoms with E-state index in [1.54, 1.807) is 19.6 Å². The van der Waals surface area contributed by atoms with Crippen molar-refractivity contribution in [2.24, 2.45) is 0 Å². The summed E-state index contributed by atoms with van der Waals surface area (Å²) < 4.78 is 6.94. The van der Waals surface area contributed by atoms with E-state index in [0.29, 0.717) is 6.61 Å². The summed E-state index contributed by atoms with van der Waals surface area (Å²) in [6.45, 7) is 2.65. The van der Waals surface area contributed by atoms with E-state index in [2.05, 4.69) is 20.4 Å². The van der Waals surface area contributed by atoms with Gasteiger partial charge in [0, 0.05) is 13.2 Å². The number of para-hydroxylation sites is 1. The molecule has 6 heteroatoms. The zero-order valence-corrected chi connectivity index (χ0v) is 12.0. The lowest BCUT2D eigenvalue weighted by molar-refractivity contribution is 0.190. The first-order valence-electron chi connectivity index (χ1n) is 6.79. The van der Waals surface area contributed by atoms with E-state index in [9.17, 15) is 0 Å². The minimum absolute atomic E-state index is 0.160. The Bertz CT molecular complexity index is 725. The maximum atomic E-state index is 5.14. The minimum atomic E-state index is 0.160. The predicted octanol–water partition coefficient (Wildman–Crippen LogP) is 2.26. The van der Waals surface area contributed by atoms with Gasteiger partial charge in [-0.2, -0.15) is 5.10 Å². The van der Waals surface area contributed by atoms with E-state index in [1.807, 2.05) is 41.9 Å². The van der Waals surface area contributed by atoms with Crippen molar-refractivity contribution < 1.29 is 4.74 Å². The number of aromatic nitrogens is 4. The highest BCUT2D eigenvalue weighted by atomic mass is 16.5. The third-order valence-corrected chi connectivity index (χ3v) is 3.17. The number of benzene rings is 1. The molecule has 2 heterocycles. The van der Waals surface area contributed by atoms with Crippen LogP contribution in [0.3, 0.4) is 0 Å². The summed E-state index contributed by atoms with van der Waals surface area (Å²) in [5.74, 6) is 0.770. The number of hydrogen-bond donors (Lipinski definition) is 1. The van der Waals surface area contributed by atoms with Crippen molar-refractivity contribution in [3.63, 3.8) is 0 Å². The molecule has 108 valence electrons. The number of nitrogens with zero attached hydrogens (tertiary/aromatic N) is 4. The molecule has 0 amide bonds. The lowest BCUT2D eigenvalue weighted by Gasteiger charge is -2.13. The molecule has 1 N–H and O–H groups in total. The summed E-state index contributed by atoms with van der Waals surface area (Å²) in [6.07, 6.45) is 3.33. The smallest absolute Gasteiger partial charge is 0.168 e. The maximum absolute atomic E-state index is 5.14. The third-order valence-electron chi connectivity index (χ3n) is 3.17. The number of nitrogens with one attached hydrogen (secondary N) is 1. The first kappa shape index (κ1) is 13.5. The van der Waals surface area contributed by atoms with Gasteiger partial charge in [-0.1, -0.05) is 18.2 Å². The van der Waals surface area contributed by atoms with Gasteiger partial charge in [0.1, 0.15) is 12.1 Å². The summed E-state index contributed by atoms with van der Waals surface area (Å²) >= 11 is 0. The van der Waals surface area contributed by atoms with E-state index in [-0.39, 0.29) is 6.04 Å². The summed E-state index contributed by atoms with van der Waals surface area (Å²) in [6, 6.07) is 10.1. The van der Waals surface area contributed by atoms with Crippen molar-refractivity contribution in [3.8, 4) is 5.69 Å². The zero-order chi connectivity index (χ0) is 14.7. The van der Waals surface area contributed by atoms with Crippen molar-refractivity contribution in [2.45, 2.75) is 13.0 Å². The van der Waals surface area contributed by atoms with Gasteiger partial charge in [-0.15, -0.1) is 0 Å². The lowest BCUT2D eigenvalue weighted by Crippen LogP contribution is -2.21. The summed E-state index contributed by atoms with van der Waals surface area (Å²) in [5, 5.41) is 8.64. The first-order valence-corrected chi connectivity index (χ1v) is 6.79. The fourth-order valence-electron chi connectivity index (χ4n) is 2.24. The Balaban J connectivity index is 2.00. The molecule has 0 fully saturated rings. The second kappa shape index (κ2) is 5.88. The monoisotopic (exact) mass is 283 g/mol. The van der Waals surface area contributed by atoms with Crippen LogP contribution in [0.2, 0.25) is 0 Å². The predicted molar refractivity (Wildman–Crippen MR) is 81.6 cm³/mol. The molecule has 0 saturated carbocycles. The van der Waals surface area contributed by atoms with Crippen molar-refractivity contribution in [3.05, 3.63) is 42.9 Å². The van der Waals surface area contributed by atoms with Crippen molar-refractivity contribution in [1.82, 2.24) is 19.7 Å². The van der Waals surface area contributed by atoms with Gasteiger partial charge in [-0.05, 0) is 19.1 Å². The molecule has 0 spiro atoms. The van der Waals surface area contributed by atoms with Crippen LogP contribution < -0.4 is 5.32 Å². The van der Waals surface area contributed by atoms with Crippen LogP contribution in [0.15, 0.2) is 42.9 Å². The van der Waals surface area contributed by atoms with Crippen molar-refractivity contribution >= 4 is 16.9 Å². The first-order chi connectivity index (χ1) is 10.3. The van der Waals surface area contributed by atoms with Gasteiger partial charge in [0.25, 0.3) is 0 Å². The Labute approximate surface area is 122 Å². The van der Waals surface area contributed by atoms with Gasteiger partial charge >= 0.3 is 0 Å². The number of fused-ring (bicyclic) bond motifs is 1. The highest BCUT2D eigenvalue weighted by Gasteiger charge is 2.12. The van der Waals surface area contributed by atoms with Gasteiger partial charge < -0.3 is 10.1 Å². The van der Waals surface area contributed by atoms with Crippen LogP contribution in [0.4, 0.5) is 5.82 Å². The molecule has 3 rings (SSSR count). The number of ether oxygens (including phenoxy) is 1. The van der Waals surface area contributed by atoms with Crippen LogP contribution in [0.1, 0.15) is 6.92 Å². The Morgan fingerprint density at radius 3 is 2.81 bits per heavy atom. The fourth-order valence-corrected chi connectivity index (χ4v) is 2.24.